The smallest absolute Gasteiger partial charge is 0.352 e. The number of halogens is 1. The van der Waals surface area contributed by atoms with Crippen molar-refractivity contribution in [2.24, 2.45) is 0 Å². The number of carboxylic acid groups (broad SMARTS) is 1. The lowest BCUT2D eigenvalue weighted by atomic mass is 10.1. The number of amides is 2. The van der Waals surface area contributed by atoms with Crippen molar-refractivity contribution in [3.63, 3.8) is 0 Å². The standard InChI is InChI=1S/C24H19ClN2O5/c25-20-13-17(22(29)26-14-16-7-4-8-18(28)11-16)9-10-19(20)23(30)27-21(24(31)32)12-15-5-2-1-3-6-15/h1-13,28H,14H2,(H,26,29)(H,27,30)(H,31,32). The maximum Gasteiger partial charge on any atom is 0.352 e. The number of nitrogens with one attached hydrogen (secondary N) is 2. The molecule has 0 bridgehead atoms. The number of benzene rings is 3. The highest BCUT2D eigenvalue weighted by Gasteiger charge is 2.17. The van der Waals surface area contributed by atoms with Crippen LogP contribution in [0.1, 0.15) is 31.8 Å². The molecule has 2 amide bonds. The van der Waals surface area contributed by atoms with Gasteiger partial charge in [0.25, 0.3) is 11.8 Å². The lowest BCUT2D eigenvalue weighted by Crippen LogP contribution is -2.28. The van der Waals surface area contributed by atoms with E-state index in [1.807, 2.05) is 0 Å². The van der Waals surface area contributed by atoms with Crippen LogP contribution in [-0.4, -0.2) is 28.0 Å². The van der Waals surface area contributed by atoms with Gasteiger partial charge in [0.05, 0.1) is 10.6 Å². The summed E-state index contributed by atoms with van der Waals surface area (Å²) in [5.41, 5.74) is 1.26. The number of carboxylic acids is 1. The molecule has 0 atom stereocenters. The third-order valence-corrected chi connectivity index (χ3v) is 4.74. The number of carbonyl (C=O) groups excluding carboxylic acids is 2. The first-order valence-corrected chi connectivity index (χ1v) is 9.88. The van der Waals surface area contributed by atoms with Crippen molar-refractivity contribution in [3.05, 3.63) is 106 Å². The van der Waals surface area contributed by atoms with Gasteiger partial charge in [0.15, 0.2) is 0 Å². The van der Waals surface area contributed by atoms with Crippen LogP contribution in [0.3, 0.4) is 0 Å². The first-order valence-electron chi connectivity index (χ1n) is 9.50. The number of aliphatic carboxylic acids is 1. The van der Waals surface area contributed by atoms with E-state index in [1.54, 1.807) is 42.5 Å². The number of carbonyl (C=O) groups is 3. The molecule has 7 nitrogen and oxygen atoms in total. The van der Waals surface area contributed by atoms with Gasteiger partial charge >= 0.3 is 5.97 Å². The molecule has 3 rings (SSSR count). The maximum absolute atomic E-state index is 12.6. The van der Waals surface area contributed by atoms with Crippen LogP contribution in [0.5, 0.6) is 5.75 Å². The molecule has 0 heterocycles. The monoisotopic (exact) mass is 450 g/mol. The highest BCUT2D eigenvalue weighted by Crippen LogP contribution is 2.19. The van der Waals surface area contributed by atoms with Crippen molar-refractivity contribution >= 4 is 35.5 Å². The number of hydrogen-bond donors (Lipinski definition) is 4. The quantitative estimate of drug-likeness (QED) is 0.408. The second kappa shape index (κ2) is 10.3. The van der Waals surface area contributed by atoms with Gasteiger partial charge in [-0.05, 0) is 47.5 Å². The molecule has 3 aromatic carbocycles. The van der Waals surface area contributed by atoms with Crippen LogP contribution in [-0.2, 0) is 11.3 Å². The van der Waals surface area contributed by atoms with Gasteiger partial charge in [0, 0.05) is 12.1 Å². The zero-order valence-corrected chi connectivity index (χ0v) is 17.5. The lowest BCUT2D eigenvalue weighted by Gasteiger charge is -2.10. The van der Waals surface area contributed by atoms with Gasteiger partial charge < -0.3 is 20.8 Å². The van der Waals surface area contributed by atoms with E-state index in [-0.39, 0.29) is 34.1 Å². The van der Waals surface area contributed by atoms with E-state index in [2.05, 4.69) is 10.6 Å². The molecular weight excluding hydrogens is 432 g/mol. The molecule has 8 heteroatoms. The molecule has 0 radical (unpaired) electrons. The third kappa shape index (κ3) is 5.96. The summed E-state index contributed by atoms with van der Waals surface area (Å²) in [6.07, 6.45) is 1.33. The van der Waals surface area contributed by atoms with E-state index in [1.165, 1.54) is 36.4 Å². The summed E-state index contributed by atoms with van der Waals surface area (Å²) in [6, 6.07) is 19.3. The summed E-state index contributed by atoms with van der Waals surface area (Å²) < 4.78 is 0. The minimum atomic E-state index is -1.30. The zero-order valence-electron chi connectivity index (χ0n) is 16.7. The Labute approximate surface area is 189 Å². The van der Waals surface area contributed by atoms with Crippen LogP contribution >= 0.6 is 11.6 Å². The Morgan fingerprint density at radius 2 is 1.66 bits per heavy atom. The fourth-order valence-corrected chi connectivity index (χ4v) is 3.11. The van der Waals surface area contributed by atoms with Gasteiger partial charge in [-0.1, -0.05) is 54.1 Å². The summed E-state index contributed by atoms with van der Waals surface area (Å²) >= 11 is 6.19. The Morgan fingerprint density at radius 3 is 2.31 bits per heavy atom. The summed E-state index contributed by atoms with van der Waals surface area (Å²) in [4.78, 5) is 36.5. The van der Waals surface area contributed by atoms with Crippen LogP contribution < -0.4 is 10.6 Å². The number of aromatic hydroxyl groups is 1. The average molecular weight is 451 g/mol. The first-order chi connectivity index (χ1) is 15.3. The Morgan fingerprint density at radius 1 is 0.906 bits per heavy atom. The van der Waals surface area contributed by atoms with Crippen LogP contribution in [0.25, 0.3) is 6.08 Å². The van der Waals surface area contributed by atoms with E-state index in [9.17, 15) is 24.6 Å². The summed E-state index contributed by atoms with van der Waals surface area (Å²) in [6.45, 7) is 0.194. The largest absolute Gasteiger partial charge is 0.508 e. The fraction of sp³-hybridized carbons (Fsp3) is 0.0417. The maximum atomic E-state index is 12.6. The van der Waals surface area contributed by atoms with Crippen molar-refractivity contribution in [1.29, 1.82) is 0 Å². The van der Waals surface area contributed by atoms with Gasteiger partial charge in [0.2, 0.25) is 0 Å². The minimum absolute atomic E-state index is 0.00282. The average Bonchev–Trinajstić information content (AvgIpc) is 2.77. The van der Waals surface area contributed by atoms with Crippen molar-refractivity contribution in [1.82, 2.24) is 10.6 Å². The van der Waals surface area contributed by atoms with Crippen LogP contribution in [0.4, 0.5) is 0 Å². The summed E-state index contributed by atoms with van der Waals surface area (Å²) in [5.74, 6) is -2.35. The van der Waals surface area contributed by atoms with Crippen LogP contribution in [0, 0.1) is 0 Å². The SMILES string of the molecule is O=C(O)C(=Cc1ccccc1)NC(=O)c1ccc(C(=O)NCc2cccc(O)c2)cc1Cl. The lowest BCUT2D eigenvalue weighted by molar-refractivity contribution is -0.132. The van der Waals surface area contributed by atoms with Gasteiger partial charge in [-0.25, -0.2) is 4.79 Å². The number of hydrogen-bond acceptors (Lipinski definition) is 4. The topological polar surface area (TPSA) is 116 Å². The number of phenols is 1. The van der Waals surface area contributed by atoms with Crippen molar-refractivity contribution in [2.45, 2.75) is 6.54 Å². The normalized spacial score (nSPS) is 11.0. The van der Waals surface area contributed by atoms with E-state index < -0.39 is 17.8 Å². The van der Waals surface area contributed by atoms with Crippen LogP contribution in [0.15, 0.2) is 78.5 Å². The fourth-order valence-electron chi connectivity index (χ4n) is 2.85. The Bertz CT molecular complexity index is 1190. The Hall–Kier alpha value is -4.10. The van der Waals surface area contributed by atoms with E-state index in [0.29, 0.717) is 11.1 Å². The predicted molar refractivity (Wildman–Crippen MR) is 120 cm³/mol. The van der Waals surface area contributed by atoms with E-state index >= 15 is 0 Å². The highest BCUT2D eigenvalue weighted by atomic mass is 35.5. The first kappa shape index (κ1) is 22.6. The molecule has 32 heavy (non-hydrogen) atoms. The summed E-state index contributed by atoms with van der Waals surface area (Å²) in [7, 11) is 0. The molecule has 0 spiro atoms. The van der Waals surface area contributed by atoms with Crippen molar-refractivity contribution in [3.8, 4) is 5.75 Å². The second-order valence-electron chi connectivity index (χ2n) is 6.78. The number of phenolic OH excluding ortho intramolecular Hbond substituents is 1. The molecule has 0 saturated heterocycles. The van der Waals surface area contributed by atoms with Gasteiger partial charge in [-0.2, -0.15) is 0 Å². The second-order valence-corrected chi connectivity index (χ2v) is 7.18. The number of rotatable bonds is 7. The molecule has 0 aliphatic rings. The van der Waals surface area contributed by atoms with Gasteiger partial charge in [-0.15, -0.1) is 0 Å². The van der Waals surface area contributed by atoms with E-state index in [0.717, 1.165) is 0 Å². The highest BCUT2D eigenvalue weighted by molar-refractivity contribution is 6.34. The third-order valence-electron chi connectivity index (χ3n) is 4.43. The molecule has 0 saturated carbocycles. The molecule has 3 aromatic rings. The van der Waals surface area contributed by atoms with Crippen molar-refractivity contribution in [2.75, 3.05) is 0 Å². The Balaban J connectivity index is 1.70. The molecule has 0 unspecified atom stereocenters. The predicted octanol–water partition coefficient (Wildman–Crippen LogP) is 3.83. The molecule has 0 aliphatic carbocycles. The molecule has 0 fully saturated rings. The summed E-state index contributed by atoms with van der Waals surface area (Å²) in [5, 5.41) is 23.9. The Kier molecular flexibility index (Phi) is 7.25. The molecule has 4 N–H and O–H groups in total. The zero-order chi connectivity index (χ0) is 23.1. The molecule has 0 aromatic heterocycles. The molecular formula is C24H19ClN2O5. The van der Waals surface area contributed by atoms with Gasteiger partial charge in [0.1, 0.15) is 11.4 Å². The minimum Gasteiger partial charge on any atom is -0.508 e. The van der Waals surface area contributed by atoms with Crippen LogP contribution in [0.2, 0.25) is 5.02 Å². The molecule has 0 aliphatic heterocycles. The van der Waals surface area contributed by atoms with Crippen molar-refractivity contribution < 1.29 is 24.6 Å². The van der Waals surface area contributed by atoms with Gasteiger partial charge in [-0.3, -0.25) is 9.59 Å². The molecule has 162 valence electrons. The van der Waals surface area contributed by atoms with E-state index in [4.69, 9.17) is 11.6 Å².